The van der Waals surface area contributed by atoms with Gasteiger partial charge >= 0.3 is 0 Å². The van der Waals surface area contributed by atoms with E-state index in [-0.39, 0.29) is 23.8 Å². The average Bonchev–Trinajstić information content (AvgIpc) is 2.37. The van der Waals surface area contributed by atoms with E-state index >= 15 is 0 Å². The fourth-order valence-electron chi connectivity index (χ4n) is 2.28. The van der Waals surface area contributed by atoms with Crippen LogP contribution in [0.25, 0.3) is 0 Å². The van der Waals surface area contributed by atoms with Crippen molar-refractivity contribution >= 4 is 11.8 Å². The van der Waals surface area contributed by atoms with Crippen molar-refractivity contribution in [1.82, 2.24) is 15.1 Å². The Balaban J connectivity index is 2.66. The highest BCUT2D eigenvalue weighted by Crippen LogP contribution is 2.11. The molecule has 1 aliphatic rings. The van der Waals surface area contributed by atoms with Crippen molar-refractivity contribution in [3.05, 3.63) is 0 Å². The summed E-state index contributed by atoms with van der Waals surface area (Å²) in [5.74, 6) is 0.313. The highest BCUT2D eigenvalue weighted by Gasteiger charge is 2.28. The fourth-order valence-corrected chi connectivity index (χ4v) is 2.28. The van der Waals surface area contributed by atoms with Crippen LogP contribution in [0.3, 0.4) is 0 Å². The lowest BCUT2D eigenvalue weighted by atomic mass is 10.0. The zero-order valence-electron chi connectivity index (χ0n) is 13.5. The number of amides is 2. The number of hydrogen-bond donors (Lipinski definition) is 1. The van der Waals surface area contributed by atoms with Gasteiger partial charge in [0, 0.05) is 32.1 Å². The van der Waals surface area contributed by atoms with Gasteiger partial charge in [-0.25, -0.2) is 0 Å². The summed E-state index contributed by atoms with van der Waals surface area (Å²) in [5, 5.41) is 2.91. The Labute approximate surface area is 122 Å². The summed E-state index contributed by atoms with van der Waals surface area (Å²) in [5.41, 5.74) is 0. The van der Waals surface area contributed by atoms with Gasteiger partial charge in [-0.2, -0.15) is 0 Å². The van der Waals surface area contributed by atoms with E-state index in [1.54, 1.807) is 0 Å². The first-order chi connectivity index (χ1) is 9.31. The Hall–Kier alpha value is -1.10. The molecule has 0 radical (unpaired) electrons. The molecule has 0 aromatic carbocycles. The van der Waals surface area contributed by atoms with Crippen LogP contribution >= 0.6 is 0 Å². The monoisotopic (exact) mass is 283 g/mol. The molecule has 5 nitrogen and oxygen atoms in total. The topological polar surface area (TPSA) is 52.7 Å². The minimum absolute atomic E-state index is 0.0434. The van der Waals surface area contributed by atoms with E-state index in [1.807, 2.05) is 18.7 Å². The number of carbonyl (C=O) groups is 2. The molecule has 0 aromatic rings. The first-order valence-corrected chi connectivity index (χ1v) is 7.59. The Kier molecular flexibility index (Phi) is 6.46. The molecule has 5 heteroatoms. The van der Waals surface area contributed by atoms with Crippen molar-refractivity contribution in [2.24, 2.45) is 11.8 Å². The maximum atomic E-state index is 12.6. The van der Waals surface area contributed by atoms with Crippen LogP contribution in [0, 0.1) is 11.8 Å². The van der Waals surface area contributed by atoms with Gasteiger partial charge in [0.25, 0.3) is 0 Å². The van der Waals surface area contributed by atoms with E-state index in [0.29, 0.717) is 12.3 Å². The van der Waals surface area contributed by atoms with Gasteiger partial charge in [-0.1, -0.05) is 27.7 Å². The quantitative estimate of drug-likeness (QED) is 0.817. The van der Waals surface area contributed by atoms with Crippen LogP contribution in [0.1, 0.15) is 34.1 Å². The second-order valence-corrected chi connectivity index (χ2v) is 6.47. The van der Waals surface area contributed by atoms with Gasteiger partial charge in [0.05, 0.1) is 0 Å². The second-order valence-electron chi connectivity index (χ2n) is 6.47. The summed E-state index contributed by atoms with van der Waals surface area (Å²) in [6.07, 6.45) is 0.698. The number of nitrogens with one attached hydrogen (secondary N) is 1. The molecule has 0 saturated carbocycles. The normalized spacial score (nSPS) is 18.4. The van der Waals surface area contributed by atoms with Gasteiger partial charge in [0.15, 0.2) is 0 Å². The summed E-state index contributed by atoms with van der Waals surface area (Å²) in [6, 6.07) is -0.381. The third-order valence-electron chi connectivity index (χ3n) is 3.66. The molecule has 1 atom stereocenters. The number of likely N-dealkylation sites (N-methyl/N-ethyl adjacent to an activating group) is 1. The summed E-state index contributed by atoms with van der Waals surface area (Å²) in [6.45, 7) is 11.2. The van der Waals surface area contributed by atoms with Gasteiger partial charge in [-0.15, -0.1) is 0 Å². The Bertz CT molecular complexity index is 334. The lowest BCUT2D eigenvalue weighted by Crippen LogP contribution is -2.55. The number of hydrogen-bond acceptors (Lipinski definition) is 3. The first kappa shape index (κ1) is 17.0. The first-order valence-electron chi connectivity index (χ1n) is 7.59. The molecule has 0 spiro atoms. The lowest BCUT2D eigenvalue weighted by Gasteiger charge is -2.35. The van der Waals surface area contributed by atoms with E-state index in [2.05, 4.69) is 31.1 Å². The van der Waals surface area contributed by atoms with Crippen LogP contribution < -0.4 is 5.32 Å². The molecular weight excluding hydrogens is 254 g/mol. The van der Waals surface area contributed by atoms with E-state index < -0.39 is 0 Å². The molecule has 116 valence electrons. The molecule has 1 saturated heterocycles. The zero-order chi connectivity index (χ0) is 15.3. The lowest BCUT2D eigenvalue weighted by molar-refractivity contribution is -0.138. The van der Waals surface area contributed by atoms with E-state index in [9.17, 15) is 9.59 Å². The predicted molar refractivity (Wildman–Crippen MR) is 80.3 cm³/mol. The summed E-state index contributed by atoms with van der Waals surface area (Å²) in [4.78, 5) is 28.6. The largest absolute Gasteiger partial charge is 0.344 e. The van der Waals surface area contributed by atoms with Crippen molar-refractivity contribution in [1.29, 1.82) is 0 Å². The van der Waals surface area contributed by atoms with E-state index in [0.717, 1.165) is 26.2 Å². The van der Waals surface area contributed by atoms with Crippen molar-refractivity contribution in [3.63, 3.8) is 0 Å². The van der Waals surface area contributed by atoms with E-state index in [1.165, 1.54) is 0 Å². The smallest absolute Gasteiger partial charge is 0.245 e. The number of piperazine rings is 1. The number of carbonyl (C=O) groups excluding carboxylic acids is 2. The molecule has 1 heterocycles. The molecule has 1 fully saturated rings. The standard InChI is InChI=1S/C15H29N3O2/c1-11(2)10-13(16-14(19)12(3)4)15(20)18-8-6-17(5)7-9-18/h11-13H,6-10H2,1-5H3,(H,16,19)/t13-/m0/s1. The summed E-state index contributed by atoms with van der Waals surface area (Å²) in [7, 11) is 2.06. The maximum Gasteiger partial charge on any atom is 0.245 e. The van der Waals surface area contributed by atoms with Gasteiger partial charge < -0.3 is 15.1 Å². The SMILES string of the molecule is CC(C)C[C@H](NC(=O)C(C)C)C(=O)N1CCN(C)CC1. The van der Waals surface area contributed by atoms with Crippen LogP contribution in [0.4, 0.5) is 0 Å². The highest BCUT2D eigenvalue weighted by atomic mass is 16.2. The molecule has 0 aromatic heterocycles. The third kappa shape index (κ3) is 5.12. The van der Waals surface area contributed by atoms with Crippen molar-refractivity contribution < 1.29 is 9.59 Å². The van der Waals surface area contributed by atoms with Crippen LogP contribution in [0.2, 0.25) is 0 Å². The summed E-state index contributed by atoms with van der Waals surface area (Å²) >= 11 is 0. The minimum atomic E-state index is -0.381. The van der Waals surface area contributed by atoms with Crippen LogP contribution in [-0.2, 0) is 9.59 Å². The molecule has 2 amide bonds. The molecule has 0 aliphatic carbocycles. The van der Waals surface area contributed by atoms with Crippen LogP contribution in [-0.4, -0.2) is 60.9 Å². The molecule has 0 bridgehead atoms. The molecule has 0 unspecified atom stereocenters. The van der Waals surface area contributed by atoms with Gasteiger partial charge in [0.1, 0.15) is 6.04 Å². The van der Waals surface area contributed by atoms with Crippen molar-refractivity contribution in [2.75, 3.05) is 33.2 Å². The Morgan fingerprint density at radius 1 is 1.05 bits per heavy atom. The number of nitrogens with zero attached hydrogens (tertiary/aromatic N) is 2. The average molecular weight is 283 g/mol. The van der Waals surface area contributed by atoms with Gasteiger partial charge in [-0.05, 0) is 19.4 Å². The van der Waals surface area contributed by atoms with Crippen molar-refractivity contribution in [3.8, 4) is 0 Å². The number of rotatable bonds is 5. The van der Waals surface area contributed by atoms with Crippen molar-refractivity contribution in [2.45, 2.75) is 40.2 Å². The second kappa shape index (κ2) is 7.62. The highest BCUT2D eigenvalue weighted by molar-refractivity contribution is 5.88. The van der Waals surface area contributed by atoms with Crippen LogP contribution in [0.5, 0.6) is 0 Å². The third-order valence-corrected chi connectivity index (χ3v) is 3.66. The van der Waals surface area contributed by atoms with E-state index in [4.69, 9.17) is 0 Å². The predicted octanol–water partition coefficient (Wildman–Crippen LogP) is 0.947. The molecule has 1 aliphatic heterocycles. The molecule has 1 rings (SSSR count). The maximum absolute atomic E-state index is 12.6. The summed E-state index contributed by atoms with van der Waals surface area (Å²) < 4.78 is 0. The Morgan fingerprint density at radius 2 is 1.60 bits per heavy atom. The minimum Gasteiger partial charge on any atom is -0.344 e. The van der Waals surface area contributed by atoms with Gasteiger partial charge in [-0.3, -0.25) is 9.59 Å². The Morgan fingerprint density at radius 3 is 2.05 bits per heavy atom. The fraction of sp³-hybridized carbons (Fsp3) is 0.867. The molecular formula is C15H29N3O2. The van der Waals surface area contributed by atoms with Gasteiger partial charge in [0.2, 0.25) is 11.8 Å². The zero-order valence-corrected chi connectivity index (χ0v) is 13.5. The molecule has 1 N–H and O–H groups in total. The van der Waals surface area contributed by atoms with Crippen LogP contribution in [0.15, 0.2) is 0 Å². The molecule has 20 heavy (non-hydrogen) atoms.